The summed E-state index contributed by atoms with van der Waals surface area (Å²) in [6.45, 7) is 4.24. The molecule has 0 fully saturated rings. The zero-order valence-corrected chi connectivity index (χ0v) is 15.9. The van der Waals surface area contributed by atoms with Crippen molar-refractivity contribution >= 4 is 26.4 Å². The second-order valence-electron chi connectivity index (χ2n) is 6.32. The Balaban J connectivity index is 1.88. The molecule has 0 saturated heterocycles. The fourth-order valence-corrected chi connectivity index (χ4v) is 4.22. The van der Waals surface area contributed by atoms with Crippen molar-refractivity contribution in [2.45, 2.75) is 25.2 Å². The van der Waals surface area contributed by atoms with Crippen molar-refractivity contribution in [3.05, 3.63) is 54.2 Å². The summed E-state index contributed by atoms with van der Waals surface area (Å²) in [5.41, 5.74) is 2.14. The van der Waals surface area contributed by atoms with E-state index in [1.54, 1.807) is 22.7 Å². The van der Waals surface area contributed by atoms with Crippen molar-refractivity contribution in [1.29, 1.82) is 0 Å². The molecule has 138 valence electrons. The van der Waals surface area contributed by atoms with E-state index in [9.17, 15) is 8.42 Å². The Morgan fingerprint density at radius 1 is 1.04 bits per heavy atom. The molecular formula is C19H19N5O2S. The van der Waals surface area contributed by atoms with Gasteiger partial charge in [-0.3, -0.25) is 0 Å². The van der Waals surface area contributed by atoms with Gasteiger partial charge in [0.15, 0.2) is 11.5 Å². The third kappa shape index (κ3) is 3.07. The van der Waals surface area contributed by atoms with Gasteiger partial charge in [-0.05, 0) is 25.5 Å². The molecule has 0 aliphatic carbocycles. The smallest absolute Gasteiger partial charge is 0.211 e. The summed E-state index contributed by atoms with van der Waals surface area (Å²) in [4.78, 5) is 0.197. The molecule has 0 unspecified atom stereocenters. The van der Waals surface area contributed by atoms with E-state index in [0.717, 1.165) is 22.9 Å². The highest BCUT2D eigenvalue weighted by Crippen LogP contribution is 2.25. The van der Waals surface area contributed by atoms with Gasteiger partial charge in [0.25, 0.3) is 0 Å². The fraction of sp³-hybridized carbons (Fsp3) is 0.211. The lowest BCUT2D eigenvalue weighted by Gasteiger charge is -2.08. The van der Waals surface area contributed by atoms with Crippen LogP contribution in [0.4, 0.5) is 0 Å². The van der Waals surface area contributed by atoms with E-state index < -0.39 is 10.0 Å². The normalized spacial score (nSPS) is 12.1. The summed E-state index contributed by atoms with van der Waals surface area (Å²) in [5, 5.41) is 15.1. The molecule has 7 nitrogen and oxygen atoms in total. The van der Waals surface area contributed by atoms with Crippen molar-refractivity contribution in [3.8, 4) is 11.4 Å². The third-order valence-electron chi connectivity index (χ3n) is 4.39. The van der Waals surface area contributed by atoms with Gasteiger partial charge in [-0.2, -0.15) is 9.61 Å². The van der Waals surface area contributed by atoms with Crippen LogP contribution >= 0.6 is 0 Å². The summed E-state index contributed by atoms with van der Waals surface area (Å²) in [5.74, 6) is 0.506. The maximum atomic E-state index is 12.4. The Hall–Kier alpha value is -2.84. The van der Waals surface area contributed by atoms with Crippen LogP contribution in [0.1, 0.15) is 19.0 Å². The first-order valence-corrected chi connectivity index (χ1v) is 10.2. The first-order valence-electron chi connectivity index (χ1n) is 8.72. The summed E-state index contributed by atoms with van der Waals surface area (Å²) in [7, 11) is -3.56. The second-order valence-corrected chi connectivity index (χ2v) is 8.08. The van der Waals surface area contributed by atoms with Crippen LogP contribution in [0, 0.1) is 6.92 Å². The van der Waals surface area contributed by atoms with E-state index in [1.807, 2.05) is 44.2 Å². The molecule has 0 amide bonds. The number of sulfonamides is 1. The maximum Gasteiger partial charge on any atom is 0.240 e. The first-order chi connectivity index (χ1) is 13.0. The van der Waals surface area contributed by atoms with Crippen molar-refractivity contribution in [2.24, 2.45) is 0 Å². The van der Waals surface area contributed by atoms with Gasteiger partial charge in [0.05, 0.1) is 10.6 Å². The van der Waals surface area contributed by atoms with Crippen LogP contribution < -0.4 is 4.72 Å². The van der Waals surface area contributed by atoms with E-state index in [-0.39, 0.29) is 4.90 Å². The van der Waals surface area contributed by atoms with E-state index in [4.69, 9.17) is 0 Å². The molecule has 0 spiro atoms. The molecule has 0 radical (unpaired) electrons. The predicted molar refractivity (Wildman–Crippen MR) is 104 cm³/mol. The maximum absolute atomic E-state index is 12.4. The van der Waals surface area contributed by atoms with Crippen molar-refractivity contribution in [1.82, 2.24) is 24.5 Å². The highest BCUT2D eigenvalue weighted by Gasteiger charge is 2.17. The average Bonchev–Trinajstić information content (AvgIpc) is 3.11. The van der Waals surface area contributed by atoms with Crippen LogP contribution in [0.25, 0.3) is 27.8 Å². The lowest BCUT2D eigenvalue weighted by molar-refractivity contribution is 0.581. The van der Waals surface area contributed by atoms with Crippen LogP contribution in [0.2, 0.25) is 0 Å². The summed E-state index contributed by atoms with van der Waals surface area (Å²) >= 11 is 0. The number of benzene rings is 2. The van der Waals surface area contributed by atoms with E-state index in [1.165, 1.54) is 0 Å². The minimum absolute atomic E-state index is 0.197. The SMILES string of the molecule is CCCNS(=O)(=O)c1cccc(-c2nnc3c4ccccc4c(C)nn23)c1. The number of hydrogen-bond donors (Lipinski definition) is 1. The zero-order chi connectivity index (χ0) is 19.0. The van der Waals surface area contributed by atoms with E-state index in [2.05, 4.69) is 20.0 Å². The average molecular weight is 381 g/mol. The van der Waals surface area contributed by atoms with Gasteiger partial charge in [-0.15, -0.1) is 10.2 Å². The molecule has 0 bridgehead atoms. The van der Waals surface area contributed by atoms with Crippen LogP contribution in [0.3, 0.4) is 0 Å². The van der Waals surface area contributed by atoms with Gasteiger partial charge < -0.3 is 0 Å². The number of aromatic nitrogens is 4. The summed E-state index contributed by atoms with van der Waals surface area (Å²) in [6, 6.07) is 14.6. The highest BCUT2D eigenvalue weighted by atomic mass is 32.2. The molecule has 1 N–H and O–H groups in total. The Kier molecular flexibility index (Phi) is 4.37. The molecule has 0 saturated carbocycles. The molecule has 0 aliphatic heterocycles. The molecule has 27 heavy (non-hydrogen) atoms. The molecule has 2 aromatic heterocycles. The van der Waals surface area contributed by atoms with Crippen LogP contribution in [-0.2, 0) is 10.0 Å². The van der Waals surface area contributed by atoms with E-state index >= 15 is 0 Å². The number of fused-ring (bicyclic) bond motifs is 3. The minimum atomic E-state index is -3.56. The topological polar surface area (TPSA) is 89.2 Å². The molecule has 8 heteroatoms. The highest BCUT2D eigenvalue weighted by molar-refractivity contribution is 7.89. The molecule has 0 atom stereocenters. The Morgan fingerprint density at radius 2 is 1.81 bits per heavy atom. The lowest BCUT2D eigenvalue weighted by atomic mass is 10.1. The van der Waals surface area contributed by atoms with Crippen molar-refractivity contribution < 1.29 is 8.42 Å². The number of aryl methyl sites for hydroxylation is 1. The molecule has 4 aromatic rings. The Morgan fingerprint density at radius 3 is 2.59 bits per heavy atom. The molecule has 2 aromatic carbocycles. The standard InChI is InChI=1S/C19H19N5O2S/c1-3-11-20-27(25,26)15-8-6-7-14(12-15)18-21-22-19-17-10-5-4-9-16(17)13(2)23-24(18)19/h4-10,12,20H,3,11H2,1-2H3. The summed E-state index contributed by atoms with van der Waals surface area (Å²) < 4.78 is 29.1. The van der Waals surface area contributed by atoms with Gasteiger partial charge >= 0.3 is 0 Å². The molecule has 2 heterocycles. The molecular weight excluding hydrogens is 362 g/mol. The molecule has 4 rings (SSSR count). The number of hydrogen-bond acceptors (Lipinski definition) is 5. The Bertz CT molecular complexity index is 1250. The predicted octanol–water partition coefficient (Wildman–Crippen LogP) is 2.94. The van der Waals surface area contributed by atoms with Crippen LogP contribution in [0.15, 0.2) is 53.4 Å². The number of rotatable bonds is 5. The first kappa shape index (κ1) is 17.6. The van der Waals surface area contributed by atoms with Gasteiger partial charge in [0.1, 0.15) is 0 Å². The van der Waals surface area contributed by atoms with Gasteiger partial charge in [0.2, 0.25) is 10.0 Å². The minimum Gasteiger partial charge on any atom is -0.211 e. The fourth-order valence-electron chi connectivity index (χ4n) is 3.04. The third-order valence-corrected chi connectivity index (χ3v) is 5.85. The van der Waals surface area contributed by atoms with Crippen LogP contribution in [-0.4, -0.2) is 34.8 Å². The quantitative estimate of drug-likeness (QED) is 0.574. The monoisotopic (exact) mass is 381 g/mol. The number of nitrogens with one attached hydrogen (secondary N) is 1. The molecule has 0 aliphatic rings. The van der Waals surface area contributed by atoms with Crippen molar-refractivity contribution in [3.63, 3.8) is 0 Å². The van der Waals surface area contributed by atoms with Gasteiger partial charge in [-0.1, -0.05) is 43.3 Å². The van der Waals surface area contributed by atoms with Crippen molar-refractivity contribution in [2.75, 3.05) is 6.54 Å². The lowest BCUT2D eigenvalue weighted by Crippen LogP contribution is -2.24. The second kappa shape index (κ2) is 6.71. The number of nitrogens with zero attached hydrogens (tertiary/aromatic N) is 4. The largest absolute Gasteiger partial charge is 0.240 e. The zero-order valence-electron chi connectivity index (χ0n) is 15.0. The van der Waals surface area contributed by atoms with Crippen LogP contribution in [0.5, 0.6) is 0 Å². The Labute approximate surface area is 157 Å². The van der Waals surface area contributed by atoms with E-state index in [0.29, 0.717) is 23.6 Å². The van der Waals surface area contributed by atoms with Gasteiger partial charge in [0, 0.05) is 22.9 Å². The summed E-state index contributed by atoms with van der Waals surface area (Å²) in [6.07, 6.45) is 0.726. The van der Waals surface area contributed by atoms with Gasteiger partial charge in [-0.25, -0.2) is 13.1 Å².